The summed E-state index contributed by atoms with van der Waals surface area (Å²) in [6.07, 6.45) is 0.567. The van der Waals surface area contributed by atoms with Crippen molar-refractivity contribution in [2.24, 2.45) is 11.8 Å². The molecule has 2 aliphatic rings. The average molecular weight is 157 g/mol. The number of nitrogens with one attached hydrogen (secondary N) is 1. The molecular weight excluding hydrogens is 146 g/mol. The van der Waals surface area contributed by atoms with Crippen molar-refractivity contribution in [2.45, 2.75) is 25.0 Å². The Hall–Kier alpha value is -0.770. The molecule has 1 amide bonds. The summed E-state index contributed by atoms with van der Waals surface area (Å²) in [5.74, 6) is 0.632. The Morgan fingerprint density at radius 1 is 1.45 bits per heavy atom. The van der Waals surface area contributed by atoms with Crippen molar-refractivity contribution in [2.75, 3.05) is 0 Å². The number of hydrogen-bond acceptors (Lipinski definition) is 2. The number of carboxylic acid groups (broad SMARTS) is 1. The summed E-state index contributed by atoms with van der Waals surface area (Å²) < 4.78 is 0. The molecule has 2 fully saturated rings. The van der Waals surface area contributed by atoms with E-state index < -0.39 is 6.09 Å². The molecule has 4 nitrogen and oxygen atoms in total. The van der Waals surface area contributed by atoms with Crippen LogP contribution in [-0.4, -0.2) is 28.5 Å². The summed E-state index contributed by atoms with van der Waals surface area (Å²) in [7, 11) is 0. The Balaban J connectivity index is 1.89. The van der Waals surface area contributed by atoms with Gasteiger partial charge in [0.2, 0.25) is 0 Å². The Labute approximate surface area is 64.2 Å². The molecule has 0 aliphatic heterocycles. The van der Waals surface area contributed by atoms with E-state index in [-0.39, 0.29) is 18.1 Å². The summed E-state index contributed by atoms with van der Waals surface area (Å²) >= 11 is 0. The zero-order valence-electron chi connectivity index (χ0n) is 6.03. The van der Waals surface area contributed by atoms with E-state index in [1.807, 2.05) is 0 Å². The van der Waals surface area contributed by atoms with Gasteiger partial charge in [0, 0.05) is 12.0 Å². The van der Waals surface area contributed by atoms with Crippen LogP contribution in [0.15, 0.2) is 0 Å². The Morgan fingerprint density at radius 2 is 2.18 bits per heavy atom. The van der Waals surface area contributed by atoms with Crippen LogP contribution in [0, 0.1) is 11.8 Å². The van der Waals surface area contributed by atoms with E-state index in [9.17, 15) is 9.90 Å². The van der Waals surface area contributed by atoms with Crippen molar-refractivity contribution in [3.8, 4) is 0 Å². The Kier molecular flexibility index (Phi) is 1.32. The van der Waals surface area contributed by atoms with Gasteiger partial charge in [-0.2, -0.15) is 0 Å². The van der Waals surface area contributed by atoms with Gasteiger partial charge < -0.3 is 15.5 Å². The lowest BCUT2D eigenvalue weighted by molar-refractivity contribution is 0.150. The van der Waals surface area contributed by atoms with Crippen molar-refractivity contribution in [3.63, 3.8) is 0 Å². The summed E-state index contributed by atoms with van der Waals surface area (Å²) in [4.78, 5) is 10.2. The number of hydrogen-bond donors (Lipinski definition) is 3. The maximum atomic E-state index is 10.2. The molecule has 11 heavy (non-hydrogen) atoms. The van der Waals surface area contributed by atoms with Crippen molar-refractivity contribution in [3.05, 3.63) is 0 Å². The summed E-state index contributed by atoms with van der Waals surface area (Å²) in [6, 6.07) is 0.0382. The molecule has 0 spiro atoms. The van der Waals surface area contributed by atoms with Gasteiger partial charge in [-0.25, -0.2) is 4.79 Å². The molecule has 0 aromatic carbocycles. The third kappa shape index (κ3) is 0.976. The molecule has 4 atom stereocenters. The number of aliphatic hydroxyl groups excluding tert-OH is 1. The van der Waals surface area contributed by atoms with Crippen LogP contribution in [0.4, 0.5) is 4.79 Å². The number of aliphatic hydroxyl groups is 1. The molecule has 0 aromatic heterocycles. The fourth-order valence-electron chi connectivity index (χ4n) is 2.20. The van der Waals surface area contributed by atoms with Crippen LogP contribution < -0.4 is 5.32 Å². The van der Waals surface area contributed by atoms with Crippen molar-refractivity contribution >= 4 is 6.09 Å². The quantitative estimate of drug-likeness (QED) is 0.502. The summed E-state index contributed by atoms with van der Waals surface area (Å²) in [6.45, 7) is 0. The monoisotopic (exact) mass is 157 g/mol. The van der Waals surface area contributed by atoms with Crippen molar-refractivity contribution in [1.82, 2.24) is 5.32 Å². The fraction of sp³-hybridized carbons (Fsp3) is 0.857. The third-order valence-electron chi connectivity index (χ3n) is 2.76. The van der Waals surface area contributed by atoms with E-state index in [0.717, 1.165) is 12.8 Å². The maximum absolute atomic E-state index is 10.2. The van der Waals surface area contributed by atoms with Gasteiger partial charge in [0.1, 0.15) is 0 Å². The normalized spacial score (nSPS) is 46.6. The number of amides is 1. The van der Waals surface area contributed by atoms with Crippen LogP contribution >= 0.6 is 0 Å². The lowest BCUT2D eigenvalue weighted by atomic mass is 10.2. The van der Waals surface area contributed by atoms with Gasteiger partial charge in [-0.05, 0) is 18.8 Å². The molecule has 62 valence electrons. The zero-order chi connectivity index (χ0) is 8.01. The Morgan fingerprint density at radius 3 is 2.64 bits per heavy atom. The molecule has 2 aliphatic carbocycles. The number of rotatable bonds is 1. The molecule has 0 saturated heterocycles. The molecule has 2 saturated carbocycles. The second-order valence-corrected chi connectivity index (χ2v) is 3.36. The molecule has 0 bridgehead atoms. The van der Waals surface area contributed by atoms with Gasteiger partial charge in [0.25, 0.3) is 0 Å². The first-order chi connectivity index (χ1) is 5.20. The van der Waals surface area contributed by atoms with Crippen LogP contribution in [0.5, 0.6) is 0 Å². The van der Waals surface area contributed by atoms with E-state index in [1.54, 1.807) is 0 Å². The molecule has 0 aromatic rings. The van der Waals surface area contributed by atoms with Gasteiger partial charge in [0.15, 0.2) is 0 Å². The maximum Gasteiger partial charge on any atom is 0.404 e. The van der Waals surface area contributed by atoms with Gasteiger partial charge in [-0.1, -0.05) is 0 Å². The molecule has 3 N–H and O–H groups in total. The highest BCUT2D eigenvalue weighted by Crippen LogP contribution is 2.51. The molecule has 4 unspecified atom stereocenters. The minimum absolute atomic E-state index is 0.0382. The average Bonchev–Trinajstić information content (AvgIpc) is 2.41. The first-order valence-corrected chi connectivity index (χ1v) is 3.87. The van der Waals surface area contributed by atoms with E-state index in [0.29, 0.717) is 5.92 Å². The van der Waals surface area contributed by atoms with Crippen LogP contribution in [0.25, 0.3) is 0 Å². The molecule has 4 heteroatoms. The number of fused-ring (bicyclic) bond motifs is 1. The van der Waals surface area contributed by atoms with Gasteiger partial charge in [-0.15, -0.1) is 0 Å². The summed E-state index contributed by atoms with van der Waals surface area (Å²) in [5.41, 5.74) is 0. The second kappa shape index (κ2) is 2.11. The van der Waals surface area contributed by atoms with Crippen LogP contribution in [0.3, 0.4) is 0 Å². The first-order valence-electron chi connectivity index (χ1n) is 3.87. The highest BCUT2D eigenvalue weighted by atomic mass is 16.4. The predicted molar refractivity (Wildman–Crippen MR) is 37.2 cm³/mol. The van der Waals surface area contributed by atoms with E-state index in [2.05, 4.69) is 5.32 Å². The second-order valence-electron chi connectivity index (χ2n) is 3.36. The fourth-order valence-corrected chi connectivity index (χ4v) is 2.20. The van der Waals surface area contributed by atoms with Gasteiger partial charge in [-0.3, -0.25) is 0 Å². The standard InChI is InChI=1S/C7H11NO3/c9-4-2-1-3-5(4)6(3)8-7(10)11/h3-6,8-9H,1-2H2,(H,10,11). The van der Waals surface area contributed by atoms with E-state index in [1.165, 1.54) is 0 Å². The first kappa shape index (κ1) is 6.91. The Bertz CT molecular complexity index is 194. The third-order valence-corrected chi connectivity index (χ3v) is 2.76. The van der Waals surface area contributed by atoms with Gasteiger partial charge in [0.05, 0.1) is 6.10 Å². The van der Waals surface area contributed by atoms with Crippen LogP contribution in [0.2, 0.25) is 0 Å². The van der Waals surface area contributed by atoms with Crippen LogP contribution in [-0.2, 0) is 0 Å². The SMILES string of the molecule is O=C(O)NC1C2CCC(O)C21. The smallest absolute Gasteiger partial charge is 0.404 e. The van der Waals surface area contributed by atoms with Crippen LogP contribution in [0.1, 0.15) is 12.8 Å². The largest absolute Gasteiger partial charge is 0.465 e. The number of carbonyl (C=O) groups is 1. The highest BCUT2D eigenvalue weighted by molar-refractivity contribution is 5.65. The topological polar surface area (TPSA) is 69.6 Å². The van der Waals surface area contributed by atoms with E-state index >= 15 is 0 Å². The summed E-state index contributed by atoms with van der Waals surface area (Å²) in [5, 5.41) is 20.1. The molecule has 2 rings (SSSR count). The molecular formula is C7H11NO3. The minimum atomic E-state index is -0.975. The lowest BCUT2D eigenvalue weighted by Crippen LogP contribution is -2.28. The van der Waals surface area contributed by atoms with Crippen molar-refractivity contribution in [1.29, 1.82) is 0 Å². The minimum Gasteiger partial charge on any atom is -0.465 e. The highest BCUT2D eigenvalue weighted by Gasteiger charge is 2.58. The van der Waals surface area contributed by atoms with Gasteiger partial charge >= 0.3 is 6.09 Å². The molecule has 0 radical (unpaired) electrons. The zero-order valence-corrected chi connectivity index (χ0v) is 6.03. The van der Waals surface area contributed by atoms with E-state index in [4.69, 9.17) is 5.11 Å². The van der Waals surface area contributed by atoms with Crippen molar-refractivity contribution < 1.29 is 15.0 Å². The predicted octanol–water partition coefficient (Wildman–Crippen LogP) is 0.0233. The lowest BCUT2D eigenvalue weighted by Gasteiger charge is -2.06. The molecule has 0 heterocycles.